The molecule has 0 N–H and O–H groups in total. The fourth-order valence-electron chi connectivity index (χ4n) is 7.76. The van der Waals surface area contributed by atoms with E-state index in [1.165, 1.54) is 50.1 Å². The molecule has 50 heavy (non-hydrogen) atoms. The van der Waals surface area contributed by atoms with E-state index in [-0.39, 0.29) is 14.5 Å². The number of benzene rings is 5. The number of hydrogen-bond acceptors (Lipinski definition) is 2. The summed E-state index contributed by atoms with van der Waals surface area (Å²) in [5.74, 6) is 1.66. The first-order valence-corrected chi connectivity index (χ1v) is 23.7. The summed E-state index contributed by atoms with van der Waals surface area (Å²) in [6.07, 6.45) is 7.17. The second-order valence-electron chi connectivity index (χ2n) is 15.7. The van der Waals surface area contributed by atoms with Gasteiger partial charge in [0.2, 0.25) is 0 Å². The third-order valence-electron chi connectivity index (χ3n) is 10.4. The summed E-state index contributed by atoms with van der Waals surface area (Å²) in [4.78, 5) is 0. The quantitative estimate of drug-likeness (QED) is 0.152. The van der Waals surface area contributed by atoms with Gasteiger partial charge in [-0.05, 0) is 0 Å². The number of hydrogen-bond donors (Lipinski definition) is 0. The molecule has 0 heterocycles. The normalized spacial score (nSPS) is 15.4. The molecule has 0 bridgehead atoms. The summed E-state index contributed by atoms with van der Waals surface area (Å²) < 4.78 is 13.9. The first-order valence-electron chi connectivity index (χ1n) is 17.7. The van der Waals surface area contributed by atoms with Gasteiger partial charge in [-0.3, -0.25) is 0 Å². The molecule has 0 spiro atoms. The summed E-state index contributed by atoms with van der Waals surface area (Å²) in [5, 5.41) is 0. The third-order valence-corrected chi connectivity index (χ3v) is 23.3. The number of rotatable bonds is 7. The van der Waals surface area contributed by atoms with Crippen molar-refractivity contribution in [3.05, 3.63) is 172 Å². The van der Waals surface area contributed by atoms with Crippen molar-refractivity contribution >= 4 is 8.83 Å². The van der Waals surface area contributed by atoms with Gasteiger partial charge in [0.1, 0.15) is 0 Å². The topological polar surface area (TPSA) is 18.5 Å². The van der Waals surface area contributed by atoms with Gasteiger partial charge in [0.25, 0.3) is 0 Å². The molecule has 0 amide bonds. The van der Waals surface area contributed by atoms with E-state index in [0.29, 0.717) is 3.67 Å². The standard InChI is InChI=1S/C21H25.C13H13O2.C13H10.Hf/c1-20(2,3)16-7-9-18-14(12-16)11-15-13-17(21(4,5)6)8-10-19(15)18;1-14-11-7-8-12(13(9-11)15-2)10-5-3-4-6-10;1-3-7-12(8-4-1)11-13-9-5-2-6-10-13;/h7-13H,1-6H3;3-9H,1-2H3;1-10H;. The zero-order valence-electron chi connectivity index (χ0n) is 30.7. The minimum atomic E-state index is -3.30. The first-order chi connectivity index (χ1) is 24.0. The van der Waals surface area contributed by atoms with Gasteiger partial charge in [-0.15, -0.1) is 0 Å². The van der Waals surface area contributed by atoms with Gasteiger partial charge < -0.3 is 0 Å². The molecule has 1 atom stereocenters. The van der Waals surface area contributed by atoms with Crippen LogP contribution in [-0.2, 0) is 31.8 Å². The molecule has 0 radical (unpaired) electrons. The summed E-state index contributed by atoms with van der Waals surface area (Å²) in [6, 6.07) is 43.5. The maximum atomic E-state index is 6.07. The molecule has 2 aliphatic carbocycles. The van der Waals surface area contributed by atoms with Crippen LogP contribution in [-0.4, -0.2) is 17.5 Å². The van der Waals surface area contributed by atoms with E-state index in [0.717, 1.165) is 17.1 Å². The summed E-state index contributed by atoms with van der Waals surface area (Å²) in [7, 11) is 3.49. The van der Waals surface area contributed by atoms with Crippen LogP contribution in [0.4, 0.5) is 0 Å². The van der Waals surface area contributed by atoms with E-state index in [2.05, 4.69) is 169 Å². The predicted octanol–water partition coefficient (Wildman–Crippen LogP) is 11.7. The third kappa shape index (κ3) is 6.35. The van der Waals surface area contributed by atoms with Crippen molar-refractivity contribution < 1.29 is 30.4 Å². The second-order valence-corrected chi connectivity index (χ2v) is 25.0. The van der Waals surface area contributed by atoms with Gasteiger partial charge >= 0.3 is 308 Å². The second kappa shape index (κ2) is 13.6. The van der Waals surface area contributed by atoms with Crippen LogP contribution in [0.25, 0.3) is 16.7 Å². The monoisotopic (exact) mass is 824 g/mol. The van der Waals surface area contributed by atoms with Crippen molar-refractivity contribution in [2.24, 2.45) is 0 Å². The molecule has 2 nitrogen and oxygen atoms in total. The van der Waals surface area contributed by atoms with Gasteiger partial charge in [0, 0.05) is 0 Å². The fourth-order valence-corrected chi connectivity index (χ4v) is 22.2. The molecule has 5 aromatic carbocycles. The molecule has 3 heteroatoms. The fraction of sp³-hybridized carbons (Fsp3) is 0.255. The van der Waals surface area contributed by atoms with Gasteiger partial charge in [-0.25, -0.2) is 0 Å². The molecule has 252 valence electrons. The Morgan fingerprint density at radius 1 is 0.580 bits per heavy atom. The van der Waals surface area contributed by atoms with Crippen LogP contribution in [0.2, 0.25) is 3.67 Å². The maximum absolute atomic E-state index is 6.07. The molecule has 0 aromatic heterocycles. The van der Waals surface area contributed by atoms with E-state index in [1.807, 2.05) is 6.07 Å². The van der Waals surface area contributed by atoms with Crippen LogP contribution in [0.5, 0.6) is 11.5 Å². The number of ether oxygens (including phenoxy) is 2. The van der Waals surface area contributed by atoms with Gasteiger partial charge in [-0.1, -0.05) is 0 Å². The van der Waals surface area contributed by atoms with Crippen molar-refractivity contribution in [3.63, 3.8) is 0 Å². The molecule has 5 aromatic rings. The molecular weight excluding hydrogens is 775 g/mol. The Morgan fingerprint density at radius 2 is 1.10 bits per heavy atom. The van der Waals surface area contributed by atoms with Gasteiger partial charge in [0.05, 0.1) is 0 Å². The van der Waals surface area contributed by atoms with Crippen LogP contribution in [0.3, 0.4) is 0 Å². The summed E-state index contributed by atoms with van der Waals surface area (Å²) in [5.41, 5.74) is 13.9. The Hall–Kier alpha value is -4.08. The number of fused-ring (bicyclic) bond motifs is 3. The molecule has 0 saturated carbocycles. The van der Waals surface area contributed by atoms with E-state index in [1.54, 1.807) is 17.5 Å². The summed E-state index contributed by atoms with van der Waals surface area (Å²) in [6.45, 7) is 14.0. The van der Waals surface area contributed by atoms with Crippen molar-refractivity contribution in [1.82, 2.24) is 0 Å². The molecule has 2 aliphatic rings. The van der Waals surface area contributed by atoms with E-state index in [9.17, 15) is 0 Å². The van der Waals surface area contributed by atoms with E-state index < -0.39 is 21.0 Å². The zero-order chi connectivity index (χ0) is 35.2. The number of allylic oxidation sites excluding steroid dienone is 4. The van der Waals surface area contributed by atoms with Crippen molar-refractivity contribution in [2.75, 3.05) is 14.2 Å². The van der Waals surface area contributed by atoms with E-state index in [4.69, 9.17) is 9.47 Å². The Bertz CT molecular complexity index is 2030. The number of methoxy groups -OCH3 is 2. The van der Waals surface area contributed by atoms with Crippen LogP contribution < -0.4 is 9.47 Å². The Morgan fingerprint density at radius 3 is 1.58 bits per heavy atom. The van der Waals surface area contributed by atoms with Crippen LogP contribution in [0.15, 0.2) is 133 Å². The van der Waals surface area contributed by atoms with Crippen molar-refractivity contribution in [2.45, 2.75) is 59.7 Å². The average molecular weight is 823 g/mol. The Balaban J connectivity index is 1.60. The molecule has 0 aliphatic heterocycles. The summed E-state index contributed by atoms with van der Waals surface area (Å²) >= 11 is -3.30. The molecule has 0 fully saturated rings. The molecule has 7 rings (SSSR count). The predicted molar refractivity (Wildman–Crippen MR) is 208 cm³/mol. The minimum absolute atomic E-state index is 0.0382. The molecule has 0 saturated heterocycles. The van der Waals surface area contributed by atoms with E-state index >= 15 is 0 Å². The zero-order valence-corrected chi connectivity index (χ0v) is 34.3. The van der Waals surface area contributed by atoms with Crippen molar-refractivity contribution in [1.29, 1.82) is 0 Å². The van der Waals surface area contributed by atoms with Gasteiger partial charge in [0.15, 0.2) is 0 Å². The van der Waals surface area contributed by atoms with Crippen LogP contribution in [0.1, 0.15) is 84.2 Å². The Labute approximate surface area is 306 Å². The SMILES string of the molecule is COc1ccc(C2=CC=C[CH]2[Hf](=[C](c2ccccc2)c2ccccc2)[CH]2c3cc(C(C)(C)C)ccc3-c3ccc(C(C)(C)C)cc32)c(OC)c1. The first kappa shape index (κ1) is 34.4. The molecule has 1 unspecified atom stereocenters. The van der Waals surface area contributed by atoms with Crippen molar-refractivity contribution in [3.8, 4) is 22.6 Å². The average Bonchev–Trinajstić information content (AvgIpc) is 3.72. The molecular formula is C47H48HfO2. The van der Waals surface area contributed by atoms with Gasteiger partial charge in [-0.2, -0.15) is 0 Å². The Kier molecular flexibility index (Phi) is 9.33. The van der Waals surface area contributed by atoms with Crippen LogP contribution in [0, 0.1) is 0 Å². The van der Waals surface area contributed by atoms with Crippen LogP contribution >= 0.6 is 0 Å².